The summed E-state index contributed by atoms with van der Waals surface area (Å²) in [6.45, 7) is 0. The van der Waals surface area contributed by atoms with Gasteiger partial charge in [0, 0.05) is 12.4 Å². The highest BCUT2D eigenvalue weighted by molar-refractivity contribution is 6.08. The second kappa shape index (κ2) is 11.6. The zero-order chi connectivity index (χ0) is 30.9. The van der Waals surface area contributed by atoms with E-state index in [4.69, 9.17) is 4.98 Å². The van der Waals surface area contributed by atoms with Crippen LogP contribution in [0.15, 0.2) is 158 Å². The summed E-state index contributed by atoms with van der Waals surface area (Å²) in [6, 6.07) is 52.1. The summed E-state index contributed by atoms with van der Waals surface area (Å²) in [6.07, 6.45) is 3.60. The predicted octanol–water partition coefficient (Wildman–Crippen LogP) is 10.4. The molecule has 0 aliphatic heterocycles. The molecule has 0 aliphatic carbocycles. The summed E-state index contributed by atoms with van der Waals surface area (Å²) >= 11 is 0. The van der Waals surface area contributed by atoms with E-state index in [1.54, 1.807) is 12.4 Å². The molecule has 0 saturated heterocycles. The van der Waals surface area contributed by atoms with Crippen molar-refractivity contribution in [1.29, 1.82) is 5.26 Å². The first-order chi connectivity index (χ1) is 22.7. The fraction of sp³-hybridized carbons (Fsp3) is 0. The van der Waals surface area contributed by atoms with Crippen LogP contribution in [0.4, 0.5) is 0 Å². The lowest BCUT2D eigenvalue weighted by atomic mass is 9.85. The summed E-state index contributed by atoms with van der Waals surface area (Å²) in [5.74, 6) is 0. The van der Waals surface area contributed by atoms with Crippen molar-refractivity contribution >= 4 is 21.5 Å². The van der Waals surface area contributed by atoms with E-state index in [9.17, 15) is 5.26 Å². The molecule has 8 rings (SSSR count). The third-order valence-electron chi connectivity index (χ3n) is 8.40. The summed E-state index contributed by atoms with van der Waals surface area (Å²) in [5, 5.41) is 14.1. The number of nitriles is 1. The van der Waals surface area contributed by atoms with Gasteiger partial charge < -0.3 is 0 Å². The summed E-state index contributed by atoms with van der Waals surface area (Å²) in [5.41, 5.74) is 10.3. The zero-order valence-corrected chi connectivity index (χ0v) is 24.8. The Kier molecular flexibility index (Phi) is 6.83. The molecular weight excluding hydrogens is 560 g/mol. The quantitative estimate of drug-likeness (QED) is 0.201. The van der Waals surface area contributed by atoms with Gasteiger partial charge in [0.2, 0.25) is 0 Å². The second-order valence-corrected chi connectivity index (χ2v) is 11.2. The Morgan fingerprint density at radius 2 is 1.02 bits per heavy atom. The van der Waals surface area contributed by atoms with Crippen molar-refractivity contribution in [2.45, 2.75) is 0 Å². The van der Waals surface area contributed by atoms with Gasteiger partial charge in [-0.3, -0.25) is 9.97 Å². The van der Waals surface area contributed by atoms with Crippen molar-refractivity contribution in [3.05, 3.63) is 164 Å². The first-order valence-corrected chi connectivity index (χ1v) is 15.2. The van der Waals surface area contributed by atoms with Crippen molar-refractivity contribution in [3.8, 4) is 62.2 Å². The van der Waals surface area contributed by atoms with Gasteiger partial charge in [0.15, 0.2) is 0 Å². The minimum absolute atomic E-state index is 0.637. The molecule has 0 unspecified atom stereocenters. The highest BCUT2D eigenvalue weighted by atomic mass is 14.8. The maximum absolute atomic E-state index is 9.48. The Balaban J connectivity index is 1.46. The van der Waals surface area contributed by atoms with Crippen molar-refractivity contribution in [3.63, 3.8) is 0 Å². The molecule has 5 aromatic carbocycles. The first kappa shape index (κ1) is 27.1. The molecule has 214 valence electrons. The number of benzene rings is 5. The molecular formula is C42H26N4. The third-order valence-corrected chi connectivity index (χ3v) is 8.40. The number of hydrogen-bond donors (Lipinski definition) is 0. The van der Waals surface area contributed by atoms with Crippen LogP contribution in [-0.2, 0) is 0 Å². The molecule has 3 aromatic heterocycles. The van der Waals surface area contributed by atoms with Crippen LogP contribution in [0.3, 0.4) is 0 Å². The van der Waals surface area contributed by atoms with E-state index >= 15 is 0 Å². The van der Waals surface area contributed by atoms with Crippen molar-refractivity contribution in [2.24, 2.45) is 0 Å². The third kappa shape index (κ3) is 4.96. The molecule has 0 bridgehead atoms. The van der Waals surface area contributed by atoms with E-state index in [0.717, 1.165) is 77.7 Å². The van der Waals surface area contributed by atoms with Gasteiger partial charge in [0.1, 0.15) is 0 Å². The van der Waals surface area contributed by atoms with Gasteiger partial charge in [-0.1, -0.05) is 84.9 Å². The minimum atomic E-state index is 0.637. The standard InChI is InChI=1S/C42H26N4/c43-27-28-15-17-30(18-16-28)36-23-31-10-1-2-11-32(31)24-37(36)35-20-19-29-9-3-4-12-34(29)42(35)33-25-40(38-13-5-7-21-44-38)46-41(26-33)39-14-6-8-22-45-39/h1-26H. The van der Waals surface area contributed by atoms with E-state index in [1.165, 1.54) is 0 Å². The van der Waals surface area contributed by atoms with Gasteiger partial charge in [-0.2, -0.15) is 5.26 Å². The van der Waals surface area contributed by atoms with Crippen LogP contribution in [-0.4, -0.2) is 15.0 Å². The number of fused-ring (bicyclic) bond motifs is 2. The molecule has 3 heterocycles. The van der Waals surface area contributed by atoms with Crippen LogP contribution in [0.25, 0.3) is 77.7 Å². The minimum Gasteiger partial charge on any atom is -0.255 e. The zero-order valence-electron chi connectivity index (χ0n) is 24.8. The highest BCUT2D eigenvalue weighted by Gasteiger charge is 2.19. The number of nitrogens with zero attached hydrogens (tertiary/aromatic N) is 4. The fourth-order valence-electron chi connectivity index (χ4n) is 6.20. The SMILES string of the molecule is N#Cc1ccc(-c2cc3ccccc3cc2-c2ccc3ccccc3c2-c2cc(-c3ccccn3)nc(-c3ccccn3)c2)cc1. The molecule has 0 spiro atoms. The van der Waals surface area contributed by atoms with Crippen LogP contribution >= 0.6 is 0 Å². The maximum Gasteiger partial charge on any atom is 0.0991 e. The van der Waals surface area contributed by atoms with E-state index in [1.807, 2.05) is 60.7 Å². The maximum atomic E-state index is 9.48. The summed E-state index contributed by atoms with van der Waals surface area (Å²) in [4.78, 5) is 14.4. The van der Waals surface area contributed by atoms with Gasteiger partial charge in [0.05, 0.1) is 34.4 Å². The lowest BCUT2D eigenvalue weighted by molar-refractivity contribution is 1.22. The normalized spacial score (nSPS) is 11.0. The van der Waals surface area contributed by atoms with Crippen molar-refractivity contribution in [2.75, 3.05) is 0 Å². The van der Waals surface area contributed by atoms with Gasteiger partial charge in [-0.15, -0.1) is 0 Å². The Bertz CT molecular complexity index is 2350. The number of hydrogen-bond acceptors (Lipinski definition) is 4. The Hall–Kier alpha value is -6.44. The molecule has 0 aliphatic rings. The molecule has 4 nitrogen and oxygen atoms in total. The van der Waals surface area contributed by atoms with Crippen LogP contribution in [0.1, 0.15) is 5.56 Å². The van der Waals surface area contributed by atoms with E-state index in [2.05, 4.69) is 101 Å². The van der Waals surface area contributed by atoms with Gasteiger partial charge in [0.25, 0.3) is 0 Å². The second-order valence-electron chi connectivity index (χ2n) is 11.2. The van der Waals surface area contributed by atoms with E-state index in [-0.39, 0.29) is 0 Å². The Morgan fingerprint density at radius 1 is 0.435 bits per heavy atom. The predicted molar refractivity (Wildman–Crippen MR) is 187 cm³/mol. The molecule has 4 heteroatoms. The molecule has 0 radical (unpaired) electrons. The molecule has 0 atom stereocenters. The summed E-state index contributed by atoms with van der Waals surface area (Å²) in [7, 11) is 0. The molecule has 0 saturated carbocycles. The lowest BCUT2D eigenvalue weighted by Crippen LogP contribution is -1.96. The Labute approximate surface area is 266 Å². The molecule has 0 amide bonds. The first-order valence-electron chi connectivity index (χ1n) is 15.2. The monoisotopic (exact) mass is 586 g/mol. The number of rotatable bonds is 5. The van der Waals surface area contributed by atoms with Crippen LogP contribution in [0.5, 0.6) is 0 Å². The lowest BCUT2D eigenvalue weighted by Gasteiger charge is -2.19. The highest BCUT2D eigenvalue weighted by Crippen LogP contribution is 2.44. The van der Waals surface area contributed by atoms with Gasteiger partial charge in [-0.05, 0) is 116 Å². The van der Waals surface area contributed by atoms with Gasteiger partial charge in [-0.25, -0.2) is 4.98 Å². The van der Waals surface area contributed by atoms with Crippen LogP contribution < -0.4 is 0 Å². The van der Waals surface area contributed by atoms with E-state index < -0.39 is 0 Å². The summed E-state index contributed by atoms with van der Waals surface area (Å²) < 4.78 is 0. The van der Waals surface area contributed by atoms with E-state index in [0.29, 0.717) is 5.56 Å². The van der Waals surface area contributed by atoms with Crippen LogP contribution in [0, 0.1) is 11.3 Å². The van der Waals surface area contributed by atoms with Crippen molar-refractivity contribution in [1.82, 2.24) is 15.0 Å². The average molecular weight is 587 g/mol. The molecule has 46 heavy (non-hydrogen) atoms. The molecule has 0 N–H and O–H groups in total. The molecule has 0 fully saturated rings. The van der Waals surface area contributed by atoms with Gasteiger partial charge >= 0.3 is 0 Å². The molecule has 8 aromatic rings. The number of aromatic nitrogens is 3. The fourth-order valence-corrected chi connectivity index (χ4v) is 6.20. The Morgan fingerprint density at radius 3 is 1.63 bits per heavy atom. The smallest absolute Gasteiger partial charge is 0.0991 e. The average Bonchev–Trinajstić information content (AvgIpc) is 3.14. The largest absolute Gasteiger partial charge is 0.255 e. The van der Waals surface area contributed by atoms with Crippen molar-refractivity contribution < 1.29 is 0 Å². The number of pyridine rings is 3. The topological polar surface area (TPSA) is 62.5 Å². The van der Waals surface area contributed by atoms with Crippen LogP contribution in [0.2, 0.25) is 0 Å².